The Bertz CT molecular complexity index is 315. The lowest BCUT2D eigenvalue weighted by Gasteiger charge is -2.27. The van der Waals surface area contributed by atoms with E-state index < -0.39 is 0 Å². The largest absolute Gasteiger partial charge is 0.347 e. The number of nitrogens with two attached hydrogens (primary N) is 1. The zero-order valence-electron chi connectivity index (χ0n) is 9.17. The predicted octanol–water partition coefficient (Wildman–Crippen LogP) is 2.02. The van der Waals surface area contributed by atoms with Crippen molar-refractivity contribution in [2.24, 2.45) is 17.1 Å². The van der Waals surface area contributed by atoms with Gasteiger partial charge < -0.3 is 10.7 Å². The molecule has 3 heteroatoms. The molecule has 2 rings (SSSR count). The number of H-pyrrole nitrogens is 1. The van der Waals surface area contributed by atoms with Gasteiger partial charge in [0.15, 0.2) is 0 Å². The van der Waals surface area contributed by atoms with E-state index in [2.05, 4.69) is 30.7 Å². The maximum Gasteiger partial charge on any atom is 0.126 e. The van der Waals surface area contributed by atoms with E-state index in [1.165, 1.54) is 6.42 Å². The maximum absolute atomic E-state index is 6.45. The van der Waals surface area contributed by atoms with Crippen LogP contribution >= 0.6 is 0 Å². The number of imidazole rings is 1. The quantitative estimate of drug-likeness (QED) is 0.717. The Morgan fingerprint density at radius 2 is 2.29 bits per heavy atom. The minimum absolute atomic E-state index is 0.257. The molecule has 0 amide bonds. The fraction of sp³-hybridized carbons (Fsp3) is 0.727. The molecular weight excluding hydrogens is 174 g/mol. The van der Waals surface area contributed by atoms with Gasteiger partial charge >= 0.3 is 0 Å². The summed E-state index contributed by atoms with van der Waals surface area (Å²) in [7, 11) is 0. The third-order valence-corrected chi connectivity index (χ3v) is 3.45. The normalized spacial score (nSPS) is 36.1. The van der Waals surface area contributed by atoms with Gasteiger partial charge in [0.1, 0.15) is 5.82 Å². The smallest absolute Gasteiger partial charge is 0.126 e. The average molecular weight is 193 g/mol. The molecule has 0 aliphatic heterocycles. The zero-order valence-corrected chi connectivity index (χ0v) is 9.17. The van der Waals surface area contributed by atoms with Crippen molar-refractivity contribution >= 4 is 0 Å². The van der Waals surface area contributed by atoms with Gasteiger partial charge in [-0.3, -0.25) is 0 Å². The summed E-state index contributed by atoms with van der Waals surface area (Å²) in [6.07, 6.45) is 5.81. The molecule has 78 valence electrons. The van der Waals surface area contributed by atoms with E-state index in [-0.39, 0.29) is 5.54 Å². The fourth-order valence-corrected chi connectivity index (χ4v) is 2.89. The Balaban J connectivity index is 2.34. The molecule has 2 unspecified atom stereocenters. The summed E-state index contributed by atoms with van der Waals surface area (Å²) in [6.45, 7) is 6.78. The Labute approximate surface area is 85.1 Å². The molecule has 0 saturated heterocycles. The summed E-state index contributed by atoms with van der Waals surface area (Å²) >= 11 is 0. The van der Waals surface area contributed by atoms with Crippen LogP contribution in [0.4, 0.5) is 0 Å². The van der Waals surface area contributed by atoms with Gasteiger partial charge in [-0.15, -0.1) is 0 Å². The van der Waals surface area contributed by atoms with E-state index in [0.717, 1.165) is 12.2 Å². The molecule has 3 N–H and O–H groups in total. The minimum Gasteiger partial charge on any atom is -0.347 e. The Kier molecular flexibility index (Phi) is 1.96. The van der Waals surface area contributed by atoms with Gasteiger partial charge in [-0.05, 0) is 24.2 Å². The van der Waals surface area contributed by atoms with Crippen LogP contribution in [0.15, 0.2) is 12.4 Å². The van der Waals surface area contributed by atoms with Crippen LogP contribution in [0.2, 0.25) is 0 Å². The summed E-state index contributed by atoms with van der Waals surface area (Å²) in [4.78, 5) is 7.46. The molecule has 1 aromatic rings. The lowest BCUT2D eigenvalue weighted by Crippen LogP contribution is -2.40. The van der Waals surface area contributed by atoms with Crippen LogP contribution in [-0.2, 0) is 5.54 Å². The van der Waals surface area contributed by atoms with E-state index in [4.69, 9.17) is 5.73 Å². The second-order valence-electron chi connectivity index (χ2n) is 5.42. The Hall–Kier alpha value is -0.830. The van der Waals surface area contributed by atoms with Crippen LogP contribution < -0.4 is 5.73 Å². The topological polar surface area (TPSA) is 54.7 Å². The lowest BCUT2D eigenvalue weighted by atomic mass is 9.87. The third kappa shape index (κ3) is 1.36. The molecule has 1 heterocycles. The molecule has 0 radical (unpaired) electrons. The molecule has 1 aliphatic carbocycles. The fourth-order valence-electron chi connectivity index (χ4n) is 2.89. The van der Waals surface area contributed by atoms with Crippen molar-refractivity contribution in [1.82, 2.24) is 9.97 Å². The number of nitrogens with zero attached hydrogens (tertiary/aromatic N) is 1. The standard InChI is InChI=1S/C11H19N3/c1-8-6-10(2,3)7-11(8,12)9-13-4-5-14-9/h4-5,8H,6-7,12H2,1-3H3,(H,13,14). The molecule has 14 heavy (non-hydrogen) atoms. The number of aromatic nitrogens is 2. The van der Waals surface area contributed by atoms with Crippen molar-refractivity contribution < 1.29 is 0 Å². The monoisotopic (exact) mass is 193 g/mol. The second-order valence-corrected chi connectivity index (χ2v) is 5.42. The van der Waals surface area contributed by atoms with E-state index in [9.17, 15) is 0 Å². The third-order valence-electron chi connectivity index (χ3n) is 3.45. The number of nitrogens with one attached hydrogen (secondary N) is 1. The lowest BCUT2D eigenvalue weighted by molar-refractivity contribution is 0.315. The molecule has 0 bridgehead atoms. The van der Waals surface area contributed by atoms with Crippen LogP contribution in [0.5, 0.6) is 0 Å². The van der Waals surface area contributed by atoms with Crippen LogP contribution in [0.3, 0.4) is 0 Å². The van der Waals surface area contributed by atoms with Gasteiger partial charge in [0.05, 0.1) is 5.54 Å². The zero-order chi connectivity index (χ0) is 10.4. The molecule has 1 fully saturated rings. The van der Waals surface area contributed by atoms with Crippen LogP contribution in [0.25, 0.3) is 0 Å². The van der Waals surface area contributed by atoms with Crippen LogP contribution in [-0.4, -0.2) is 9.97 Å². The summed E-state index contributed by atoms with van der Waals surface area (Å²) in [5.41, 5.74) is 6.53. The molecule has 1 aromatic heterocycles. The second kappa shape index (κ2) is 2.83. The Morgan fingerprint density at radius 3 is 2.71 bits per heavy atom. The highest BCUT2D eigenvalue weighted by molar-refractivity contribution is 5.13. The molecular formula is C11H19N3. The van der Waals surface area contributed by atoms with Gasteiger partial charge in [0, 0.05) is 12.4 Å². The van der Waals surface area contributed by atoms with Crippen molar-refractivity contribution in [3.05, 3.63) is 18.2 Å². The average Bonchev–Trinajstić information content (AvgIpc) is 2.58. The van der Waals surface area contributed by atoms with E-state index in [1.54, 1.807) is 6.20 Å². The van der Waals surface area contributed by atoms with Gasteiger partial charge in [-0.25, -0.2) is 4.98 Å². The predicted molar refractivity (Wildman–Crippen MR) is 56.6 cm³/mol. The van der Waals surface area contributed by atoms with Gasteiger partial charge in [0.25, 0.3) is 0 Å². The molecule has 0 spiro atoms. The summed E-state index contributed by atoms with van der Waals surface area (Å²) in [6, 6.07) is 0. The highest BCUT2D eigenvalue weighted by Gasteiger charge is 2.48. The van der Waals surface area contributed by atoms with Crippen molar-refractivity contribution in [2.45, 2.75) is 39.2 Å². The molecule has 2 atom stereocenters. The molecule has 3 nitrogen and oxygen atoms in total. The number of rotatable bonds is 1. The van der Waals surface area contributed by atoms with Crippen molar-refractivity contribution in [2.75, 3.05) is 0 Å². The maximum atomic E-state index is 6.45. The van der Waals surface area contributed by atoms with Gasteiger partial charge in [-0.2, -0.15) is 0 Å². The Morgan fingerprint density at radius 1 is 1.57 bits per heavy atom. The highest BCUT2D eigenvalue weighted by Crippen LogP contribution is 2.50. The molecule has 0 aromatic carbocycles. The SMILES string of the molecule is CC1CC(C)(C)CC1(N)c1ncc[nH]1. The molecule has 1 saturated carbocycles. The van der Waals surface area contributed by atoms with E-state index in [0.29, 0.717) is 11.3 Å². The van der Waals surface area contributed by atoms with Crippen LogP contribution in [0.1, 0.15) is 39.4 Å². The van der Waals surface area contributed by atoms with Crippen LogP contribution in [0, 0.1) is 11.3 Å². The number of aromatic amines is 1. The summed E-state index contributed by atoms with van der Waals surface area (Å²) in [5, 5.41) is 0. The molecule has 1 aliphatic rings. The summed E-state index contributed by atoms with van der Waals surface area (Å²) in [5.74, 6) is 1.43. The van der Waals surface area contributed by atoms with E-state index in [1.807, 2.05) is 6.20 Å². The van der Waals surface area contributed by atoms with Crippen molar-refractivity contribution in [3.63, 3.8) is 0 Å². The first-order valence-corrected chi connectivity index (χ1v) is 5.23. The number of hydrogen-bond donors (Lipinski definition) is 2. The first-order valence-electron chi connectivity index (χ1n) is 5.23. The van der Waals surface area contributed by atoms with E-state index >= 15 is 0 Å². The highest BCUT2D eigenvalue weighted by atomic mass is 15.0. The first kappa shape index (κ1) is 9.71. The number of hydrogen-bond acceptors (Lipinski definition) is 2. The van der Waals surface area contributed by atoms with Crippen molar-refractivity contribution in [3.8, 4) is 0 Å². The van der Waals surface area contributed by atoms with Gasteiger partial charge in [0.2, 0.25) is 0 Å². The van der Waals surface area contributed by atoms with Crippen molar-refractivity contribution in [1.29, 1.82) is 0 Å². The van der Waals surface area contributed by atoms with Gasteiger partial charge in [-0.1, -0.05) is 20.8 Å². The summed E-state index contributed by atoms with van der Waals surface area (Å²) < 4.78 is 0. The first-order chi connectivity index (χ1) is 6.44. The minimum atomic E-state index is -0.257.